The number of aromatic carboxylic acids is 1. The van der Waals surface area contributed by atoms with E-state index in [0.717, 1.165) is 29.5 Å². The lowest BCUT2D eigenvalue weighted by Crippen LogP contribution is -2.06. The molecular weight excluding hydrogens is 348 g/mol. The predicted molar refractivity (Wildman–Crippen MR) is 94.2 cm³/mol. The normalized spacial score (nSPS) is 17.7. The van der Waals surface area contributed by atoms with Gasteiger partial charge in [-0.05, 0) is 31.5 Å². The monoisotopic (exact) mass is 362 g/mol. The second-order valence-electron chi connectivity index (χ2n) is 5.87. The van der Waals surface area contributed by atoms with Gasteiger partial charge in [-0.2, -0.15) is 0 Å². The van der Waals surface area contributed by atoms with Crippen molar-refractivity contribution in [3.63, 3.8) is 0 Å². The van der Waals surface area contributed by atoms with Crippen LogP contribution in [-0.2, 0) is 4.74 Å². The Kier molecular flexibility index (Phi) is 3.83. The van der Waals surface area contributed by atoms with Gasteiger partial charge in [0.05, 0.1) is 23.4 Å². The van der Waals surface area contributed by atoms with Crippen molar-refractivity contribution in [2.24, 2.45) is 0 Å². The zero-order chi connectivity index (χ0) is 16.8. The molecule has 1 aliphatic heterocycles. The van der Waals surface area contributed by atoms with Gasteiger partial charge in [-0.3, -0.25) is 0 Å². The zero-order valence-corrected chi connectivity index (χ0v) is 14.5. The van der Waals surface area contributed by atoms with Crippen LogP contribution in [0.3, 0.4) is 0 Å². The summed E-state index contributed by atoms with van der Waals surface area (Å²) in [6.07, 6.45) is 2.93. The van der Waals surface area contributed by atoms with Crippen LogP contribution in [0, 0.1) is 6.92 Å². The molecule has 1 unspecified atom stereocenters. The molecule has 7 heteroatoms. The molecule has 1 aromatic carbocycles. The average Bonchev–Trinajstić information content (AvgIpc) is 3.26. The molecule has 1 fully saturated rings. The number of carboxylic acids is 1. The molecule has 1 aliphatic rings. The topological polar surface area (TPSA) is 64.4 Å². The minimum absolute atomic E-state index is 0.275. The van der Waals surface area contributed by atoms with E-state index in [1.165, 1.54) is 11.3 Å². The maximum Gasteiger partial charge on any atom is 0.347 e. The summed E-state index contributed by atoms with van der Waals surface area (Å²) in [5.74, 6) is -0.942. The van der Waals surface area contributed by atoms with Crippen LogP contribution in [0.15, 0.2) is 24.4 Å². The van der Waals surface area contributed by atoms with Crippen LogP contribution >= 0.6 is 22.9 Å². The van der Waals surface area contributed by atoms with Gasteiger partial charge in [-0.25, -0.2) is 9.78 Å². The smallest absolute Gasteiger partial charge is 0.347 e. The van der Waals surface area contributed by atoms with Crippen molar-refractivity contribution in [2.75, 3.05) is 13.2 Å². The number of thiazole rings is 1. The molecule has 3 aromatic rings. The maximum atomic E-state index is 11.2. The summed E-state index contributed by atoms with van der Waals surface area (Å²) in [6.45, 7) is 3.19. The summed E-state index contributed by atoms with van der Waals surface area (Å²) in [7, 11) is 0. The molecule has 0 aliphatic carbocycles. The Morgan fingerprint density at radius 3 is 3.00 bits per heavy atom. The molecule has 24 heavy (non-hydrogen) atoms. The highest BCUT2D eigenvalue weighted by atomic mass is 35.5. The van der Waals surface area contributed by atoms with Gasteiger partial charge in [0.2, 0.25) is 0 Å². The zero-order valence-electron chi connectivity index (χ0n) is 13.0. The van der Waals surface area contributed by atoms with Crippen LogP contribution in [-0.4, -0.2) is 33.8 Å². The van der Waals surface area contributed by atoms with Crippen molar-refractivity contribution in [1.29, 1.82) is 0 Å². The summed E-state index contributed by atoms with van der Waals surface area (Å²) in [4.78, 5) is 15.9. The van der Waals surface area contributed by atoms with Gasteiger partial charge < -0.3 is 14.4 Å². The molecule has 2 aromatic heterocycles. The number of fused-ring (bicyclic) bond motifs is 1. The van der Waals surface area contributed by atoms with Gasteiger partial charge >= 0.3 is 5.97 Å². The average molecular weight is 363 g/mol. The second-order valence-corrected chi connectivity index (χ2v) is 7.28. The molecule has 124 valence electrons. The Morgan fingerprint density at radius 2 is 2.33 bits per heavy atom. The fourth-order valence-electron chi connectivity index (χ4n) is 3.11. The standard InChI is InChI=1S/C17H15ClN2O3S/c1-9-15(17(21)22)24-16(19-9)10-2-3-14-12(6-10)13(18)7-20(14)11-4-5-23-8-11/h2-3,6-7,11H,4-5,8H2,1H3,(H,21,22). The van der Waals surface area contributed by atoms with Gasteiger partial charge in [0.25, 0.3) is 0 Å². The number of aromatic nitrogens is 2. The molecule has 0 spiro atoms. The minimum Gasteiger partial charge on any atom is -0.477 e. The highest BCUT2D eigenvalue weighted by Gasteiger charge is 2.21. The summed E-state index contributed by atoms with van der Waals surface area (Å²) in [5, 5.41) is 11.5. The van der Waals surface area contributed by atoms with E-state index in [9.17, 15) is 9.90 Å². The van der Waals surface area contributed by atoms with Crippen LogP contribution in [0.4, 0.5) is 0 Å². The molecule has 3 heterocycles. The number of rotatable bonds is 3. The molecule has 1 saturated heterocycles. The number of aryl methyl sites for hydroxylation is 1. The first-order chi connectivity index (χ1) is 11.5. The Morgan fingerprint density at radius 1 is 1.50 bits per heavy atom. The van der Waals surface area contributed by atoms with E-state index in [-0.39, 0.29) is 4.88 Å². The molecular formula is C17H15ClN2O3S. The van der Waals surface area contributed by atoms with Crippen molar-refractivity contribution in [3.05, 3.63) is 40.0 Å². The Labute approximate surface area is 147 Å². The van der Waals surface area contributed by atoms with E-state index in [4.69, 9.17) is 16.3 Å². The van der Waals surface area contributed by atoms with Crippen LogP contribution in [0.1, 0.15) is 27.8 Å². The van der Waals surface area contributed by atoms with Crippen molar-refractivity contribution in [3.8, 4) is 10.6 Å². The first kappa shape index (κ1) is 15.6. The lowest BCUT2D eigenvalue weighted by atomic mass is 10.1. The first-order valence-electron chi connectivity index (χ1n) is 7.63. The van der Waals surface area contributed by atoms with Crippen molar-refractivity contribution in [2.45, 2.75) is 19.4 Å². The summed E-state index contributed by atoms with van der Waals surface area (Å²) in [5.41, 5.74) is 2.48. The highest BCUT2D eigenvalue weighted by molar-refractivity contribution is 7.17. The molecule has 0 bridgehead atoms. The van der Waals surface area contributed by atoms with Crippen molar-refractivity contribution in [1.82, 2.24) is 9.55 Å². The van der Waals surface area contributed by atoms with Crippen molar-refractivity contribution < 1.29 is 14.6 Å². The van der Waals surface area contributed by atoms with E-state index >= 15 is 0 Å². The van der Waals surface area contributed by atoms with Crippen LogP contribution in [0.25, 0.3) is 21.5 Å². The molecule has 0 saturated carbocycles. The summed E-state index contributed by atoms with van der Waals surface area (Å²) < 4.78 is 7.64. The summed E-state index contributed by atoms with van der Waals surface area (Å²) in [6, 6.07) is 6.28. The SMILES string of the molecule is Cc1nc(-c2ccc3c(c2)c(Cl)cn3C2CCOC2)sc1C(=O)O. The quantitative estimate of drug-likeness (QED) is 0.750. The largest absolute Gasteiger partial charge is 0.477 e. The Balaban J connectivity index is 1.80. The summed E-state index contributed by atoms with van der Waals surface area (Å²) >= 11 is 7.62. The Bertz CT molecular complexity index is 941. The van der Waals surface area contributed by atoms with Crippen molar-refractivity contribution >= 4 is 39.8 Å². The van der Waals surface area contributed by atoms with Gasteiger partial charge in [0, 0.05) is 29.3 Å². The first-order valence-corrected chi connectivity index (χ1v) is 8.83. The van der Waals surface area contributed by atoms with E-state index in [2.05, 4.69) is 9.55 Å². The number of nitrogens with zero attached hydrogens (tertiary/aromatic N) is 2. The molecule has 5 nitrogen and oxygen atoms in total. The van der Waals surface area contributed by atoms with Gasteiger partial charge in [-0.1, -0.05) is 11.6 Å². The molecule has 1 N–H and O–H groups in total. The highest BCUT2D eigenvalue weighted by Crippen LogP contribution is 2.35. The van der Waals surface area contributed by atoms with Crippen LogP contribution < -0.4 is 0 Å². The Hall–Kier alpha value is -1.89. The fourth-order valence-corrected chi connectivity index (χ4v) is 4.27. The predicted octanol–water partition coefficient (Wildman–Crippen LogP) is 4.39. The third kappa shape index (κ3) is 2.51. The lowest BCUT2D eigenvalue weighted by molar-refractivity contribution is 0.0701. The third-order valence-electron chi connectivity index (χ3n) is 4.32. The van der Waals surface area contributed by atoms with Crippen LogP contribution in [0.5, 0.6) is 0 Å². The third-order valence-corrected chi connectivity index (χ3v) is 5.82. The molecule has 1 atom stereocenters. The van der Waals surface area contributed by atoms with Gasteiger partial charge in [0.15, 0.2) is 0 Å². The number of ether oxygens (including phenoxy) is 1. The molecule has 4 rings (SSSR count). The van der Waals surface area contributed by atoms with Gasteiger partial charge in [0.1, 0.15) is 9.88 Å². The fraction of sp³-hybridized carbons (Fsp3) is 0.294. The molecule has 0 amide bonds. The van der Waals surface area contributed by atoms with Crippen LogP contribution in [0.2, 0.25) is 5.02 Å². The molecule has 0 radical (unpaired) electrons. The number of halogens is 1. The number of carbonyl (C=O) groups is 1. The van der Waals surface area contributed by atoms with Gasteiger partial charge in [-0.15, -0.1) is 11.3 Å². The maximum absolute atomic E-state index is 11.2. The van der Waals surface area contributed by atoms with E-state index in [1.54, 1.807) is 6.92 Å². The minimum atomic E-state index is -0.942. The second kappa shape index (κ2) is 5.88. The number of hydrogen-bond acceptors (Lipinski definition) is 4. The van der Waals surface area contributed by atoms with E-state index < -0.39 is 5.97 Å². The lowest BCUT2D eigenvalue weighted by Gasteiger charge is -2.11. The van der Waals surface area contributed by atoms with E-state index in [0.29, 0.717) is 28.4 Å². The van der Waals surface area contributed by atoms with E-state index in [1.807, 2.05) is 24.4 Å². The number of hydrogen-bond donors (Lipinski definition) is 1. The number of carboxylic acid groups (broad SMARTS) is 1. The number of benzene rings is 1.